The van der Waals surface area contributed by atoms with Gasteiger partial charge in [0, 0.05) is 37.4 Å². The molecule has 0 bridgehead atoms. The molecule has 1 saturated heterocycles. The predicted octanol–water partition coefficient (Wildman–Crippen LogP) is 4.45. The highest BCUT2D eigenvalue weighted by Gasteiger charge is 2.53. The van der Waals surface area contributed by atoms with Gasteiger partial charge in [-0.05, 0) is 50.0 Å². The number of carbonyl (C=O) groups excluding carboxylic acids is 1. The highest BCUT2D eigenvalue weighted by molar-refractivity contribution is 5.86. The van der Waals surface area contributed by atoms with Gasteiger partial charge in [0.1, 0.15) is 5.78 Å². The third kappa shape index (κ3) is 2.73. The van der Waals surface area contributed by atoms with Crippen LogP contribution < -0.4 is 0 Å². The van der Waals surface area contributed by atoms with E-state index in [-0.39, 0.29) is 12.0 Å². The number of rotatable bonds is 0. The van der Waals surface area contributed by atoms with E-state index in [9.17, 15) is 4.79 Å². The molecule has 5 aliphatic rings. The highest BCUT2D eigenvalue weighted by Crippen LogP contribution is 2.55. The van der Waals surface area contributed by atoms with Crippen LogP contribution in [0.4, 0.5) is 0 Å². The van der Waals surface area contributed by atoms with Crippen LogP contribution in [0.3, 0.4) is 0 Å². The molecule has 0 spiro atoms. The number of ether oxygens (including phenoxy) is 2. The van der Waals surface area contributed by atoms with Gasteiger partial charge in [0.2, 0.25) is 0 Å². The van der Waals surface area contributed by atoms with Crippen molar-refractivity contribution in [3.8, 4) is 0 Å². The lowest BCUT2D eigenvalue weighted by Gasteiger charge is -2.52. The zero-order valence-electron chi connectivity index (χ0n) is 15.4. The SMILES string of the molecule is O=C1C2CCCCC2C2=C3CCCOCCC3OC3CCCCC1C23. The summed E-state index contributed by atoms with van der Waals surface area (Å²) in [6, 6.07) is 0. The van der Waals surface area contributed by atoms with Crippen molar-refractivity contribution in [1.82, 2.24) is 0 Å². The Morgan fingerprint density at radius 1 is 0.760 bits per heavy atom. The fourth-order valence-corrected chi connectivity index (χ4v) is 6.72. The first-order valence-electron chi connectivity index (χ1n) is 10.8. The van der Waals surface area contributed by atoms with Crippen LogP contribution in [0.1, 0.15) is 70.6 Å². The third-order valence-electron chi connectivity index (χ3n) is 7.70. The summed E-state index contributed by atoms with van der Waals surface area (Å²) < 4.78 is 12.4. The van der Waals surface area contributed by atoms with E-state index >= 15 is 0 Å². The second-order valence-electron chi connectivity index (χ2n) is 8.96. The average Bonchev–Trinajstić information content (AvgIpc) is 2.83. The standard InChI is InChI=1S/C22H32O3/c23-22-15-7-2-1-6-14(15)20-16-9-5-12-24-13-11-18(16)25-19-10-4-3-8-17(22)21(19)20/h14-15,17-19,21H,1-13H2. The van der Waals surface area contributed by atoms with E-state index < -0.39 is 0 Å². The Labute approximate surface area is 151 Å². The first-order valence-corrected chi connectivity index (χ1v) is 10.8. The van der Waals surface area contributed by atoms with Gasteiger partial charge in [-0.3, -0.25) is 4.79 Å². The summed E-state index contributed by atoms with van der Waals surface area (Å²) in [4.78, 5) is 13.4. The quantitative estimate of drug-likeness (QED) is 0.609. The van der Waals surface area contributed by atoms with Crippen LogP contribution in [-0.2, 0) is 14.3 Å². The summed E-state index contributed by atoms with van der Waals surface area (Å²) in [7, 11) is 0. The van der Waals surface area contributed by atoms with Crippen molar-refractivity contribution in [2.75, 3.05) is 13.2 Å². The molecule has 3 nitrogen and oxygen atoms in total. The second-order valence-corrected chi connectivity index (χ2v) is 8.96. The average molecular weight is 344 g/mol. The summed E-state index contributed by atoms with van der Waals surface area (Å²) >= 11 is 0. The number of fused-ring (bicyclic) bond motifs is 3. The number of carbonyl (C=O) groups is 1. The van der Waals surface area contributed by atoms with Gasteiger partial charge < -0.3 is 9.47 Å². The maximum Gasteiger partial charge on any atom is 0.140 e. The van der Waals surface area contributed by atoms with Crippen molar-refractivity contribution in [2.24, 2.45) is 23.7 Å². The molecule has 0 N–H and O–H groups in total. The van der Waals surface area contributed by atoms with Crippen molar-refractivity contribution in [1.29, 1.82) is 0 Å². The van der Waals surface area contributed by atoms with Crippen LogP contribution in [0.15, 0.2) is 11.1 Å². The molecule has 2 aliphatic heterocycles. The number of hydrogen-bond donors (Lipinski definition) is 0. The van der Waals surface area contributed by atoms with E-state index in [1.807, 2.05) is 0 Å². The lowest BCUT2D eigenvalue weighted by Crippen LogP contribution is -2.52. The molecule has 5 rings (SSSR count). The molecule has 0 aromatic carbocycles. The molecule has 0 amide bonds. The molecule has 6 atom stereocenters. The molecule has 0 radical (unpaired) electrons. The van der Waals surface area contributed by atoms with Crippen molar-refractivity contribution in [3.63, 3.8) is 0 Å². The zero-order chi connectivity index (χ0) is 16.8. The Bertz CT molecular complexity index is 566. The minimum Gasteiger partial charge on any atom is -0.381 e. The topological polar surface area (TPSA) is 35.5 Å². The summed E-state index contributed by atoms with van der Waals surface area (Å²) in [6.45, 7) is 1.71. The molecular formula is C22H32O3. The van der Waals surface area contributed by atoms with Crippen molar-refractivity contribution in [2.45, 2.75) is 82.8 Å². The van der Waals surface area contributed by atoms with Crippen LogP contribution in [0.5, 0.6) is 0 Å². The predicted molar refractivity (Wildman–Crippen MR) is 96.3 cm³/mol. The minimum absolute atomic E-state index is 0.261. The fraction of sp³-hybridized carbons (Fsp3) is 0.864. The molecule has 138 valence electrons. The maximum absolute atomic E-state index is 13.4. The lowest BCUT2D eigenvalue weighted by molar-refractivity contribution is -0.140. The summed E-state index contributed by atoms with van der Waals surface area (Å²) in [6.07, 6.45) is 13.5. The molecule has 3 heteroatoms. The zero-order valence-corrected chi connectivity index (χ0v) is 15.4. The third-order valence-corrected chi connectivity index (χ3v) is 7.70. The van der Waals surface area contributed by atoms with E-state index in [1.54, 1.807) is 11.1 Å². The van der Waals surface area contributed by atoms with Crippen LogP contribution in [-0.4, -0.2) is 31.2 Å². The highest BCUT2D eigenvalue weighted by atomic mass is 16.5. The Morgan fingerprint density at radius 3 is 2.40 bits per heavy atom. The van der Waals surface area contributed by atoms with Gasteiger partial charge in [0.15, 0.2) is 0 Å². The van der Waals surface area contributed by atoms with Gasteiger partial charge in [-0.2, -0.15) is 0 Å². The molecule has 6 unspecified atom stereocenters. The Kier molecular flexibility index (Phi) is 4.49. The smallest absolute Gasteiger partial charge is 0.140 e. The molecule has 3 aliphatic carbocycles. The van der Waals surface area contributed by atoms with Crippen molar-refractivity contribution in [3.05, 3.63) is 11.1 Å². The maximum atomic E-state index is 13.4. The second kappa shape index (κ2) is 6.81. The molecule has 4 fully saturated rings. The first kappa shape index (κ1) is 16.5. The lowest BCUT2D eigenvalue weighted by atomic mass is 9.56. The Balaban J connectivity index is 1.62. The van der Waals surface area contributed by atoms with Crippen LogP contribution in [0.25, 0.3) is 0 Å². The van der Waals surface area contributed by atoms with E-state index in [2.05, 4.69) is 0 Å². The first-order chi connectivity index (χ1) is 12.3. The van der Waals surface area contributed by atoms with E-state index in [1.165, 1.54) is 32.1 Å². The molecule has 2 heterocycles. The van der Waals surface area contributed by atoms with Crippen molar-refractivity contribution >= 4 is 5.78 Å². The van der Waals surface area contributed by atoms with E-state index in [4.69, 9.17) is 9.47 Å². The van der Waals surface area contributed by atoms with Crippen LogP contribution >= 0.6 is 0 Å². The molecule has 3 saturated carbocycles. The monoisotopic (exact) mass is 344 g/mol. The van der Waals surface area contributed by atoms with Crippen LogP contribution in [0, 0.1) is 23.7 Å². The largest absolute Gasteiger partial charge is 0.381 e. The van der Waals surface area contributed by atoms with Crippen LogP contribution in [0.2, 0.25) is 0 Å². The van der Waals surface area contributed by atoms with Gasteiger partial charge in [0.25, 0.3) is 0 Å². The number of hydrogen-bond acceptors (Lipinski definition) is 3. The van der Waals surface area contributed by atoms with Gasteiger partial charge in [0.05, 0.1) is 12.2 Å². The van der Waals surface area contributed by atoms with Gasteiger partial charge in [-0.1, -0.05) is 31.3 Å². The summed E-state index contributed by atoms with van der Waals surface area (Å²) in [5.74, 6) is 2.17. The molecule has 0 aromatic rings. The van der Waals surface area contributed by atoms with E-state index in [0.717, 1.165) is 51.7 Å². The summed E-state index contributed by atoms with van der Waals surface area (Å²) in [5, 5.41) is 0. The number of ketones is 1. The van der Waals surface area contributed by atoms with Crippen molar-refractivity contribution < 1.29 is 14.3 Å². The minimum atomic E-state index is 0.261. The van der Waals surface area contributed by atoms with Gasteiger partial charge >= 0.3 is 0 Å². The van der Waals surface area contributed by atoms with Gasteiger partial charge in [-0.15, -0.1) is 0 Å². The van der Waals surface area contributed by atoms with Gasteiger partial charge in [-0.25, -0.2) is 0 Å². The normalized spacial score (nSPS) is 44.7. The molecule has 25 heavy (non-hydrogen) atoms. The van der Waals surface area contributed by atoms with E-state index in [0.29, 0.717) is 29.6 Å². The fourth-order valence-electron chi connectivity index (χ4n) is 6.72. The molecular weight excluding hydrogens is 312 g/mol. The number of Topliss-reactive ketones (excluding diaryl/α,β-unsaturated/α-hetero) is 1. The molecule has 0 aromatic heterocycles. The summed E-state index contributed by atoms with van der Waals surface area (Å²) in [5.41, 5.74) is 3.35. The Hall–Kier alpha value is -0.670. The Morgan fingerprint density at radius 2 is 1.52 bits per heavy atom.